The average molecular weight is 308 g/mol. The molecule has 0 fully saturated rings. The molecule has 0 bridgehead atoms. The molecule has 0 saturated carbocycles. The number of rotatable bonds is 8. The molecular weight excluding hydrogens is 288 g/mol. The predicted molar refractivity (Wildman–Crippen MR) is 81.8 cm³/mol. The first kappa shape index (κ1) is 16.1. The van der Waals surface area contributed by atoms with Gasteiger partial charge in [0, 0.05) is 31.4 Å². The topological polar surface area (TPSA) is 78.4 Å². The number of carbonyl (C=O) groups is 1. The van der Waals surface area contributed by atoms with Crippen LogP contribution in [0.2, 0.25) is 0 Å². The number of hydrogen-bond acceptors (Lipinski definition) is 7. The Hall–Kier alpha value is -2.28. The lowest BCUT2D eigenvalue weighted by atomic mass is 10.1. The highest BCUT2D eigenvalue weighted by molar-refractivity contribution is 5.81. The third-order valence-electron chi connectivity index (χ3n) is 2.93. The molecule has 0 amide bonds. The fourth-order valence-electron chi connectivity index (χ4n) is 1.92. The van der Waals surface area contributed by atoms with E-state index in [1.807, 2.05) is 12.1 Å². The van der Waals surface area contributed by atoms with Crippen LogP contribution >= 0.6 is 0 Å². The summed E-state index contributed by atoms with van der Waals surface area (Å²) in [5, 5.41) is 3.08. The van der Waals surface area contributed by atoms with Gasteiger partial charge in [-0.25, -0.2) is 0 Å². The van der Waals surface area contributed by atoms with Gasteiger partial charge >= 0.3 is 5.97 Å². The number of esters is 1. The van der Waals surface area contributed by atoms with Crippen LogP contribution in [0.4, 0.5) is 5.69 Å². The van der Waals surface area contributed by atoms with Crippen molar-refractivity contribution in [3.63, 3.8) is 0 Å². The maximum absolute atomic E-state index is 10.7. The van der Waals surface area contributed by atoms with Crippen molar-refractivity contribution >= 4 is 18.0 Å². The fraction of sp³-hybridized carbons (Fsp3) is 0.467. The first-order chi connectivity index (χ1) is 10.7. The van der Waals surface area contributed by atoms with Crippen molar-refractivity contribution < 1.29 is 23.7 Å². The maximum Gasteiger partial charge on any atom is 0.302 e. The molecule has 0 atom stereocenters. The molecule has 1 aromatic rings. The Morgan fingerprint density at radius 1 is 1.18 bits per heavy atom. The van der Waals surface area contributed by atoms with Gasteiger partial charge in [0.05, 0.1) is 19.5 Å². The average Bonchev–Trinajstić information content (AvgIpc) is 2.51. The molecule has 1 aromatic carbocycles. The number of ether oxygens (including phenoxy) is 4. The van der Waals surface area contributed by atoms with Gasteiger partial charge in [-0.1, -0.05) is 0 Å². The number of anilines is 1. The van der Waals surface area contributed by atoms with Crippen molar-refractivity contribution in [1.82, 2.24) is 0 Å². The molecule has 0 spiro atoms. The summed E-state index contributed by atoms with van der Waals surface area (Å²) in [5.74, 6) is 0.881. The standard InChI is InChI=1S/C15H20N2O5/c1-11(18)20-5-6-22-14-7-12-9-16-10-17-13(12)8-15(14)21-4-3-19-2/h7-8,10H,3-6,9H2,1-2H3,(H,16,17). The van der Waals surface area contributed by atoms with Crippen LogP contribution in [-0.4, -0.2) is 45.8 Å². The first-order valence-corrected chi connectivity index (χ1v) is 7.00. The van der Waals surface area contributed by atoms with E-state index >= 15 is 0 Å². The summed E-state index contributed by atoms with van der Waals surface area (Å²) in [4.78, 5) is 14.9. The van der Waals surface area contributed by atoms with Crippen LogP contribution in [0, 0.1) is 0 Å². The Morgan fingerprint density at radius 2 is 1.91 bits per heavy atom. The third-order valence-corrected chi connectivity index (χ3v) is 2.93. The molecule has 1 heterocycles. The number of fused-ring (bicyclic) bond motifs is 1. The fourth-order valence-corrected chi connectivity index (χ4v) is 1.92. The van der Waals surface area contributed by atoms with E-state index < -0.39 is 0 Å². The predicted octanol–water partition coefficient (Wildman–Crippen LogP) is 1.61. The van der Waals surface area contributed by atoms with Crippen molar-refractivity contribution in [2.45, 2.75) is 13.5 Å². The van der Waals surface area contributed by atoms with Gasteiger partial charge in [0.15, 0.2) is 11.5 Å². The van der Waals surface area contributed by atoms with Gasteiger partial charge in [0.1, 0.15) is 19.8 Å². The van der Waals surface area contributed by atoms with E-state index in [-0.39, 0.29) is 19.2 Å². The van der Waals surface area contributed by atoms with Crippen LogP contribution in [-0.2, 0) is 20.8 Å². The van der Waals surface area contributed by atoms with Gasteiger partial charge < -0.3 is 24.3 Å². The van der Waals surface area contributed by atoms with Crippen molar-refractivity contribution in [2.75, 3.05) is 38.9 Å². The zero-order valence-electron chi connectivity index (χ0n) is 12.8. The van der Waals surface area contributed by atoms with E-state index in [2.05, 4.69) is 10.3 Å². The largest absolute Gasteiger partial charge is 0.487 e. The van der Waals surface area contributed by atoms with E-state index in [1.54, 1.807) is 13.4 Å². The summed E-state index contributed by atoms with van der Waals surface area (Å²) < 4.78 is 21.2. The van der Waals surface area contributed by atoms with E-state index in [9.17, 15) is 4.79 Å². The van der Waals surface area contributed by atoms with Gasteiger partial charge in [-0.2, -0.15) is 0 Å². The van der Waals surface area contributed by atoms with E-state index in [0.717, 1.165) is 11.3 Å². The van der Waals surface area contributed by atoms with E-state index in [4.69, 9.17) is 18.9 Å². The van der Waals surface area contributed by atoms with Crippen molar-refractivity contribution in [3.8, 4) is 11.5 Å². The first-order valence-electron chi connectivity index (χ1n) is 7.00. The number of benzene rings is 1. The molecule has 7 nitrogen and oxygen atoms in total. The number of hydrogen-bond donors (Lipinski definition) is 1. The van der Waals surface area contributed by atoms with Crippen LogP contribution in [0.5, 0.6) is 11.5 Å². The Balaban J connectivity index is 2.05. The molecule has 0 radical (unpaired) electrons. The summed E-state index contributed by atoms with van der Waals surface area (Å²) >= 11 is 0. The summed E-state index contributed by atoms with van der Waals surface area (Å²) in [5.41, 5.74) is 1.96. The molecule has 0 aliphatic carbocycles. The second-order valence-corrected chi connectivity index (χ2v) is 4.60. The molecular formula is C15H20N2O5. The zero-order chi connectivity index (χ0) is 15.8. The van der Waals surface area contributed by atoms with Crippen LogP contribution in [0.25, 0.3) is 0 Å². The number of aliphatic imine (C=N–C) groups is 1. The molecule has 1 aliphatic heterocycles. The highest BCUT2D eigenvalue weighted by Crippen LogP contribution is 2.35. The molecule has 22 heavy (non-hydrogen) atoms. The highest BCUT2D eigenvalue weighted by atomic mass is 16.6. The Kier molecular flexibility index (Phi) is 6.02. The monoisotopic (exact) mass is 308 g/mol. The minimum atomic E-state index is -0.329. The van der Waals surface area contributed by atoms with E-state index in [0.29, 0.717) is 31.3 Å². The minimum Gasteiger partial charge on any atom is -0.487 e. The zero-order valence-corrected chi connectivity index (χ0v) is 12.8. The lowest BCUT2D eigenvalue weighted by molar-refractivity contribution is -0.141. The van der Waals surface area contributed by atoms with Crippen molar-refractivity contribution in [3.05, 3.63) is 17.7 Å². The Bertz CT molecular complexity index is 545. The molecule has 120 valence electrons. The molecule has 7 heteroatoms. The molecule has 0 unspecified atom stereocenters. The number of nitrogens with one attached hydrogen (secondary N) is 1. The molecule has 1 aliphatic rings. The minimum absolute atomic E-state index is 0.195. The van der Waals surface area contributed by atoms with E-state index in [1.165, 1.54) is 6.92 Å². The normalized spacial score (nSPS) is 12.3. The van der Waals surface area contributed by atoms with Crippen molar-refractivity contribution in [1.29, 1.82) is 0 Å². The van der Waals surface area contributed by atoms with Gasteiger partial charge in [0.25, 0.3) is 0 Å². The quantitative estimate of drug-likeness (QED) is 0.580. The molecule has 2 rings (SSSR count). The molecule has 1 N–H and O–H groups in total. The second kappa shape index (κ2) is 8.23. The van der Waals surface area contributed by atoms with Crippen LogP contribution in [0.3, 0.4) is 0 Å². The van der Waals surface area contributed by atoms with Crippen LogP contribution < -0.4 is 14.8 Å². The van der Waals surface area contributed by atoms with Crippen LogP contribution in [0.15, 0.2) is 17.1 Å². The van der Waals surface area contributed by atoms with Crippen LogP contribution in [0.1, 0.15) is 12.5 Å². The summed E-state index contributed by atoms with van der Waals surface area (Å²) in [6.45, 7) is 3.31. The van der Waals surface area contributed by atoms with Gasteiger partial charge in [-0.3, -0.25) is 9.79 Å². The lowest BCUT2D eigenvalue weighted by Crippen LogP contribution is -2.12. The smallest absolute Gasteiger partial charge is 0.302 e. The summed E-state index contributed by atoms with van der Waals surface area (Å²) in [6, 6.07) is 3.76. The second-order valence-electron chi connectivity index (χ2n) is 4.60. The number of methoxy groups -OCH3 is 1. The third kappa shape index (κ3) is 4.63. The summed E-state index contributed by atoms with van der Waals surface area (Å²) in [7, 11) is 1.62. The summed E-state index contributed by atoms with van der Waals surface area (Å²) in [6.07, 6.45) is 1.66. The van der Waals surface area contributed by atoms with Crippen molar-refractivity contribution in [2.24, 2.45) is 4.99 Å². The van der Waals surface area contributed by atoms with Gasteiger partial charge in [-0.15, -0.1) is 0 Å². The number of carbonyl (C=O) groups excluding carboxylic acids is 1. The highest BCUT2D eigenvalue weighted by Gasteiger charge is 2.14. The Morgan fingerprint density at radius 3 is 2.64 bits per heavy atom. The molecule has 0 aromatic heterocycles. The molecule has 0 saturated heterocycles. The maximum atomic E-state index is 10.7. The Labute approximate surface area is 129 Å². The van der Waals surface area contributed by atoms with Gasteiger partial charge in [-0.05, 0) is 6.07 Å². The lowest BCUT2D eigenvalue weighted by Gasteiger charge is -2.18. The SMILES string of the molecule is COCCOc1cc2c(cc1OCCOC(C)=O)CN=CN2. The number of nitrogens with zero attached hydrogens (tertiary/aromatic N) is 1. The van der Waals surface area contributed by atoms with Gasteiger partial charge in [0.2, 0.25) is 0 Å².